The number of nitrogens with zero attached hydrogens (tertiary/aromatic N) is 3. The van der Waals surface area contributed by atoms with Gasteiger partial charge in [0.2, 0.25) is 0 Å². The Kier molecular flexibility index (Phi) is 4.49. The molecule has 0 aliphatic carbocycles. The number of halogens is 1. The van der Waals surface area contributed by atoms with Crippen LogP contribution in [0.4, 0.5) is 5.69 Å². The lowest BCUT2D eigenvalue weighted by atomic mass is 10.2. The largest absolute Gasteiger partial charge is 0.347 e. The number of rotatable bonds is 4. The van der Waals surface area contributed by atoms with Crippen molar-refractivity contribution in [3.8, 4) is 0 Å². The van der Waals surface area contributed by atoms with E-state index in [1.165, 1.54) is 12.4 Å². The van der Waals surface area contributed by atoms with E-state index in [0.717, 1.165) is 28.3 Å². The van der Waals surface area contributed by atoms with Crippen molar-refractivity contribution in [3.63, 3.8) is 0 Å². The minimum Gasteiger partial charge on any atom is -0.347 e. The summed E-state index contributed by atoms with van der Waals surface area (Å²) in [5.41, 5.74) is 2.11. The van der Waals surface area contributed by atoms with Gasteiger partial charge in [-0.1, -0.05) is 11.6 Å². The van der Waals surface area contributed by atoms with Crippen molar-refractivity contribution >= 4 is 34.5 Å². The van der Waals surface area contributed by atoms with Gasteiger partial charge in [0.25, 0.3) is 11.6 Å². The zero-order chi connectivity index (χ0) is 15.6. The fourth-order valence-electron chi connectivity index (χ4n) is 1.73. The standard InChI is InChI=1S/C12H11ClN4O3S/c1-6-8(7(2)16-5-15-6)4-14-12(18)10-3-9(17(19)20)11(13)21-10/h3,5H,4H2,1-2H3,(H,14,18). The second-order valence-electron chi connectivity index (χ2n) is 4.23. The average Bonchev–Trinajstić information content (AvgIpc) is 2.80. The van der Waals surface area contributed by atoms with Crippen LogP contribution in [0.15, 0.2) is 12.4 Å². The molecule has 0 radical (unpaired) electrons. The molecule has 0 saturated heterocycles. The Morgan fingerprint density at radius 1 is 1.43 bits per heavy atom. The van der Waals surface area contributed by atoms with E-state index in [2.05, 4.69) is 15.3 Å². The summed E-state index contributed by atoms with van der Waals surface area (Å²) in [4.78, 5) is 30.4. The highest BCUT2D eigenvalue weighted by Crippen LogP contribution is 2.33. The van der Waals surface area contributed by atoms with Crippen LogP contribution in [0.5, 0.6) is 0 Å². The van der Waals surface area contributed by atoms with Crippen LogP contribution < -0.4 is 5.32 Å². The molecule has 9 heteroatoms. The van der Waals surface area contributed by atoms with Gasteiger partial charge in [0, 0.05) is 29.6 Å². The predicted molar refractivity (Wildman–Crippen MR) is 78.7 cm³/mol. The van der Waals surface area contributed by atoms with E-state index >= 15 is 0 Å². The summed E-state index contributed by atoms with van der Waals surface area (Å²) in [6.07, 6.45) is 1.46. The van der Waals surface area contributed by atoms with E-state index in [4.69, 9.17) is 11.6 Å². The van der Waals surface area contributed by atoms with E-state index in [0.29, 0.717) is 0 Å². The minimum absolute atomic E-state index is 0.0134. The highest BCUT2D eigenvalue weighted by atomic mass is 35.5. The van der Waals surface area contributed by atoms with Gasteiger partial charge in [-0.05, 0) is 13.8 Å². The molecule has 0 bridgehead atoms. The number of carbonyl (C=O) groups is 1. The molecular weight excluding hydrogens is 316 g/mol. The van der Waals surface area contributed by atoms with Crippen LogP contribution in [0.3, 0.4) is 0 Å². The van der Waals surface area contributed by atoms with Gasteiger partial charge in [-0.3, -0.25) is 14.9 Å². The Bertz CT molecular complexity index is 696. The Morgan fingerprint density at radius 3 is 2.57 bits per heavy atom. The molecule has 21 heavy (non-hydrogen) atoms. The summed E-state index contributed by atoms with van der Waals surface area (Å²) in [7, 11) is 0. The molecule has 0 aliphatic rings. The smallest absolute Gasteiger partial charge is 0.299 e. The first-order valence-electron chi connectivity index (χ1n) is 5.89. The van der Waals surface area contributed by atoms with E-state index < -0.39 is 10.8 Å². The van der Waals surface area contributed by atoms with Crippen LogP contribution in [0.2, 0.25) is 4.34 Å². The molecule has 0 spiro atoms. The lowest BCUT2D eigenvalue weighted by molar-refractivity contribution is -0.384. The molecule has 110 valence electrons. The summed E-state index contributed by atoms with van der Waals surface area (Å²) in [6, 6.07) is 1.17. The van der Waals surface area contributed by atoms with E-state index in [-0.39, 0.29) is 21.4 Å². The topological polar surface area (TPSA) is 98.0 Å². The maximum Gasteiger partial charge on any atom is 0.299 e. The van der Waals surface area contributed by atoms with Crippen molar-refractivity contribution in [1.29, 1.82) is 0 Å². The number of hydrogen-bond donors (Lipinski definition) is 1. The number of carbonyl (C=O) groups excluding carboxylic acids is 1. The average molecular weight is 327 g/mol. The molecular formula is C12H11ClN4O3S. The fraction of sp³-hybridized carbons (Fsp3) is 0.250. The number of hydrogen-bond acceptors (Lipinski definition) is 6. The highest BCUT2D eigenvalue weighted by Gasteiger charge is 2.21. The van der Waals surface area contributed by atoms with Gasteiger partial charge in [-0.15, -0.1) is 11.3 Å². The van der Waals surface area contributed by atoms with Crippen molar-refractivity contribution in [2.45, 2.75) is 20.4 Å². The summed E-state index contributed by atoms with van der Waals surface area (Å²) in [6.45, 7) is 3.90. The second kappa shape index (κ2) is 6.15. The molecule has 0 aliphatic heterocycles. The van der Waals surface area contributed by atoms with Crippen LogP contribution in [-0.4, -0.2) is 20.8 Å². The van der Waals surface area contributed by atoms with Gasteiger partial charge in [-0.25, -0.2) is 9.97 Å². The maximum absolute atomic E-state index is 12.0. The van der Waals surface area contributed by atoms with Gasteiger partial charge < -0.3 is 5.32 Å². The number of aryl methyl sites for hydroxylation is 2. The van der Waals surface area contributed by atoms with Crippen molar-refractivity contribution in [3.05, 3.63) is 48.7 Å². The van der Waals surface area contributed by atoms with Crippen LogP contribution >= 0.6 is 22.9 Å². The van der Waals surface area contributed by atoms with Crippen LogP contribution in [-0.2, 0) is 6.54 Å². The Labute approximate surface area is 129 Å². The third-order valence-corrected chi connectivity index (χ3v) is 4.23. The lowest BCUT2D eigenvalue weighted by Gasteiger charge is -2.08. The molecule has 0 atom stereocenters. The number of nitro groups is 1. The first-order chi connectivity index (χ1) is 9.90. The number of nitrogens with one attached hydrogen (secondary N) is 1. The molecule has 0 fully saturated rings. The molecule has 1 N–H and O–H groups in total. The van der Waals surface area contributed by atoms with Crippen LogP contribution in [0.1, 0.15) is 26.6 Å². The van der Waals surface area contributed by atoms with Crippen molar-refractivity contribution in [2.24, 2.45) is 0 Å². The summed E-state index contributed by atoms with van der Waals surface area (Å²) in [5, 5.41) is 13.4. The Balaban J connectivity index is 2.12. The molecule has 2 aromatic rings. The molecule has 0 unspecified atom stereocenters. The van der Waals surface area contributed by atoms with Gasteiger partial charge >= 0.3 is 0 Å². The van der Waals surface area contributed by atoms with Gasteiger partial charge in [0.15, 0.2) is 4.34 Å². The van der Waals surface area contributed by atoms with Crippen LogP contribution in [0.25, 0.3) is 0 Å². The molecule has 2 heterocycles. The normalized spacial score (nSPS) is 10.4. The lowest BCUT2D eigenvalue weighted by Crippen LogP contribution is -2.23. The van der Waals surface area contributed by atoms with Crippen molar-refractivity contribution in [2.75, 3.05) is 0 Å². The third-order valence-electron chi connectivity index (χ3n) is 2.89. The van der Waals surface area contributed by atoms with E-state index in [1.807, 2.05) is 13.8 Å². The summed E-state index contributed by atoms with van der Waals surface area (Å²) >= 11 is 6.60. The van der Waals surface area contributed by atoms with Crippen molar-refractivity contribution in [1.82, 2.24) is 15.3 Å². The van der Waals surface area contributed by atoms with Gasteiger partial charge in [0.1, 0.15) is 11.2 Å². The molecule has 1 amide bonds. The Hall–Kier alpha value is -2.06. The second-order valence-corrected chi connectivity index (χ2v) is 5.89. The Morgan fingerprint density at radius 2 is 2.05 bits per heavy atom. The molecule has 0 saturated carbocycles. The predicted octanol–water partition coefficient (Wildman–Crippen LogP) is 2.65. The zero-order valence-corrected chi connectivity index (χ0v) is 12.8. The highest BCUT2D eigenvalue weighted by molar-refractivity contribution is 7.18. The molecule has 7 nitrogen and oxygen atoms in total. The first-order valence-corrected chi connectivity index (χ1v) is 7.08. The molecule has 0 aromatic carbocycles. The number of aromatic nitrogens is 2. The number of thiophene rings is 1. The quantitative estimate of drug-likeness (QED) is 0.688. The fourth-order valence-corrected chi connectivity index (χ4v) is 2.87. The SMILES string of the molecule is Cc1ncnc(C)c1CNC(=O)c1cc([N+](=O)[O-])c(Cl)s1. The summed E-state index contributed by atoms with van der Waals surface area (Å²) in [5.74, 6) is -0.419. The van der Waals surface area contributed by atoms with Gasteiger partial charge in [0.05, 0.1) is 4.92 Å². The zero-order valence-electron chi connectivity index (χ0n) is 11.2. The first kappa shape index (κ1) is 15.3. The molecule has 2 aromatic heterocycles. The maximum atomic E-state index is 12.0. The minimum atomic E-state index is -0.616. The third kappa shape index (κ3) is 3.34. The molecule has 2 rings (SSSR count). The van der Waals surface area contributed by atoms with Crippen LogP contribution in [0, 0.1) is 24.0 Å². The van der Waals surface area contributed by atoms with Gasteiger partial charge in [-0.2, -0.15) is 0 Å². The number of amides is 1. The summed E-state index contributed by atoms with van der Waals surface area (Å²) < 4.78 is -0.0134. The van der Waals surface area contributed by atoms with Crippen molar-refractivity contribution < 1.29 is 9.72 Å². The monoisotopic (exact) mass is 326 g/mol. The van der Waals surface area contributed by atoms with E-state index in [1.54, 1.807) is 0 Å². The van der Waals surface area contributed by atoms with E-state index in [9.17, 15) is 14.9 Å².